The van der Waals surface area contributed by atoms with Crippen molar-refractivity contribution < 1.29 is 29.7 Å². The summed E-state index contributed by atoms with van der Waals surface area (Å²) in [6, 6.07) is 9.79. The molecule has 0 aromatic heterocycles. The van der Waals surface area contributed by atoms with Crippen LogP contribution >= 0.6 is 0 Å². The largest absolute Gasteiger partial charge is 0.478 e. The third-order valence-corrected chi connectivity index (χ3v) is 2.96. The number of carbonyl (C=O) groups is 3. The molecule has 1 aromatic carbocycles. The van der Waals surface area contributed by atoms with Gasteiger partial charge in [-0.2, -0.15) is 0 Å². The fourth-order valence-electron chi connectivity index (χ4n) is 1.20. The van der Waals surface area contributed by atoms with Crippen LogP contribution in [0.25, 0.3) is 0 Å². The Morgan fingerprint density at radius 2 is 1.27 bits per heavy atom. The molecule has 0 saturated heterocycles. The lowest BCUT2D eigenvalue weighted by Gasteiger charge is -2.00. The Morgan fingerprint density at radius 3 is 1.54 bits per heavy atom. The van der Waals surface area contributed by atoms with Crippen molar-refractivity contribution in [3.8, 4) is 0 Å². The molecule has 0 aliphatic rings. The molecule has 0 aliphatic carbocycles. The summed E-state index contributed by atoms with van der Waals surface area (Å²) in [4.78, 5) is 29.9. The molecular formula is C20H26O6. The van der Waals surface area contributed by atoms with Gasteiger partial charge in [-0.3, -0.25) is 0 Å². The summed E-state index contributed by atoms with van der Waals surface area (Å²) in [5, 5.41) is 24.5. The quantitative estimate of drug-likeness (QED) is 0.633. The van der Waals surface area contributed by atoms with E-state index < -0.39 is 17.9 Å². The molecule has 1 aromatic rings. The first-order valence-corrected chi connectivity index (χ1v) is 7.77. The van der Waals surface area contributed by atoms with Gasteiger partial charge in [0.05, 0.1) is 0 Å². The van der Waals surface area contributed by atoms with Crippen molar-refractivity contribution in [1.82, 2.24) is 0 Å². The van der Waals surface area contributed by atoms with Crippen LogP contribution in [0.2, 0.25) is 0 Å². The van der Waals surface area contributed by atoms with Crippen molar-refractivity contribution in [1.29, 1.82) is 0 Å². The molecule has 0 spiro atoms. The lowest BCUT2D eigenvalue weighted by atomic mass is 10.1. The summed E-state index contributed by atoms with van der Waals surface area (Å²) in [6.45, 7) is 13.1. The first kappa shape index (κ1) is 25.1. The predicted molar refractivity (Wildman–Crippen MR) is 101 cm³/mol. The summed E-state index contributed by atoms with van der Waals surface area (Å²) < 4.78 is 0. The molecule has 0 heterocycles. The Hall–Kier alpha value is -3.15. The van der Waals surface area contributed by atoms with Crippen molar-refractivity contribution in [3.63, 3.8) is 0 Å². The average Bonchev–Trinajstić information content (AvgIpc) is 2.60. The van der Waals surface area contributed by atoms with Crippen LogP contribution < -0.4 is 0 Å². The highest BCUT2D eigenvalue weighted by Gasteiger charge is 2.03. The summed E-state index contributed by atoms with van der Waals surface area (Å²) in [6.07, 6.45) is 1.78. The molecule has 0 radical (unpaired) electrons. The molecule has 0 aliphatic heterocycles. The summed E-state index contributed by atoms with van der Waals surface area (Å²) in [5.74, 6) is -2.74. The lowest BCUT2D eigenvalue weighted by Crippen LogP contribution is -2.00. The molecule has 0 fully saturated rings. The maximum Gasteiger partial charge on any atom is 0.330 e. The molecule has 0 unspecified atom stereocenters. The van der Waals surface area contributed by atoms with Crippen molar-refractivity contribution in [2.75, 3.05) is 0 Å². The van der Waals surface area contributed by atoms with Gasteiger partial charge < -0.3 is 15.3 Å². The van der Waals surface area contributed by atoms with Crippen LogP contribution in [0.4, 0.5) is 0 Å². The zero-order valence-electron chi connectivity index (χ0n) is 15.2. The predicted octanol–water partition coefficient (Wildman–Crippen LogP) is 3.94. The number of benzene rings is 1. The van der Waals surface area contributed by atoms with Gasteiger partial charge >= 0.3 is 17.9 Å². The van der Waals surface area contributed by atoms with Crippen LogP contribution in [0.15, 0.2) is 66.8 Å². The Labute approximate surface area is 153 Å². The fourth-order valence-corrected chi connectivity index (χ4v) is 1.20. The minimum absolute atomic E-state index is 0.176. The van der Waals surface area contributed by atoms with E-state index in [4.69, 9.17) is 15.3 Å². The minimum atomic E-state index is -0.935. The maximum absolute atomic E-state index is 10.4. The lowest BCUT2D eigenvalue weighted by molar-refractivity contribution is -0.133. The van der Waals surface area contributed by atoms with Gasteiger partial charge in [-0.1, -0.05) is 57.0 Å². The van der Waals surface area contributed by atoms with Crippen molar-refractivity contribution in [2.24, 2.45) is 0 Å². The first-order chi connectivity index (χ1) is 12.0. The second kappa shape index (κ2) is 14.2. The first-order valence-electron chi connectivity index (χ1n) is 7.77. The van der Waals surface area contributed by atoms with Gasteiger partial charge in [0.15, 0.2) is 0 Å². The van der Waals surface area contributed by atoms with E-state index in [1.807, 2.05) is 30.3 Å². The summed E-state index contributed by atoms with van der Waals surface area (Å²) in [7, 11) is 0. The molecule has 1 rings (SSSR count). The molecular weight excluding hydrogens is 336 g/mol. The van der Waals surface area contributed by atoms with Crippen LogP contribution in [0.3, 0.4) is 0 Å². The topological polar surface area (TPSA) is 112 Å². The van der Waals surface area contributed by atoms with E-state index >= 15 is 0 Å². The summed E-state index contributed by atoms with van der Waals surface area (Å²) in [5.41, 5.74) is 1.85. The molecule has 0 atom stereocenters. The van der Waals surface area contributed by atoms with E-state index in [9.17, 15) is 14.4 Å². The highest BCUT2D eigenvalue weighted by Crippen LogP contribution is 2.07. The molecule has 0 bridgehead atoms. The number of hydrogen-bond donors (Lipinski definition) is 3. The normalized spacial score (nSPS) is 8.69. The average molecular weight is 362 g/mol. The number of carboxylic acids is 3. The van der Waals surface area contributed by atoms with Gasteiger partial charge in [0.1, 0.15) is 0 Å². The van der Waals surface area contributed by atoms with E-state index in [-0.39, 0.29) is 16.7 Å². The van der Waals surface area contributed by atoms with Gasteiger partial charge in [0.25, 0.3) is 0 Å². The number of carboxylic acid groups (broad SMARTS) is 3. The van der Waals surface area contributed by atoms with Crippen LogP contribution in [0, 0.1) is 0 Å². The Balaban J connectivity index is 0. The zero-order chi connectivity index (χ0) is 20.7. The standard InChI is InChI=1S/C11H12O2.C5H8O2.C4H6O2/c1-9(11(12)13)7-8-10-5-3-2-4-6-10;1-3-4(2)5(6)7;1-3(2)4(5)6/h2-6H,1,7-8H2,(H,12,13);2-3H2,1H3,(H,6,7);1H2,2H3,(H,5,6). The van der Waals surface area contributed by atoms with Gasteiger partial charge in [0.2, 0.25) is 0 Å². The van der Waals surface area contributed by atoms with Crippen molar-refractivity contribution in [2.45, 2.75) is 33.1 Å². The van der Waals surface area contributed by atoms with Crippen LogP contribution in [0.5, 0.6) is 0 Å². The second-order valence-corrected chi connectivity index (χ2v) is 5.24. The highest BCUT2D eigenvalue weighted by molar-refractivity contribution is 5.86. The van der Waals surface area contributed by atoms with Gasteiger partial charge in [0, 0.05) is 16.7 Å². The number of aliphatic carboxylic acids is 3. The fraction of sp³-hybridized carbons (Fsp3) is 0.250. The van der Waals surface area contributed by atoms with Gasteiger partial charge in [-0.15, -0.1) is 0 Å². The van der Waals surface area contributed by atoms with Crippen LogP contribution in [-0.4, -0.2) is 33.2 Å². The number of hydrogen-bond acceptors (Lipinski definition) is 3. The number of rotatable bonds is 7. The van der Waals surface area contributed by atoms with Crippen molar-refractivity contribution in [3.05, 3.63) is 72.4 Å². The number of aryl methyl sites for hydroxylation is 1. The molecule has 3 N–H and O–H groups in total. The molecule has 6 heteroatoms. The van der Waals surface area contributed by atoms with E-state index in [1.165, 1.54) is 6.92 Å². The second-order valence-electron chi connectivity index (χ2n) is 5.24. The van der Waals surface area contributed by atoms with Gasteiger partial charge in [-0.25, -0.2) is 14.4 Å². The maximum atomic E-state index is 10.4. The molecule has 0 amide bonds. The third kappa shape index (κ3) is 14.4. The Bertz CT molecular complexity index is 632. The van der Waals surface area contributed by atoms with Crippen molar-refractivity contribution >= 4 is 17.9 Å². The van der Waals surface area contributed by atoms with Crippen LogP contribution in [-0.2, 0) is 20.8 Å². The van der Waals surface area contributed by atoms with Crippen LogP contribution in [0.1, 0.15) is 32.3 Å². The van der Waals surface area contributed by atoms with E-state index in [0.717, 1.165) is 12.0 Å². The Morgan fingerprint density at radius 1 is 0.846 bits per heavy atom. The van der Waals surface area contributed by atoms with E-state index in [0.29, 0.717) is 12.8 Å². The zero-order valence-corrected chi connectivity index (χ0v) is 15.2. The van der Waals surface area contributed by atoms with E-state index in [2.05, 4.69) is 19.7 Å². The SMILES string of the molecule is C=C(C)C(=O)O.C=C(CC)C(=O)O.C=C(CCc1ccccc1)C(=O)O. The smallest absolute Gasteiger partial charge is 0.330 e. The third-order valence-electron chi connectivity index (χ3n) is 2.96. The van der Waals surface area contributed by atoms with Gasteiger partial charge in [-0.05, 0) is 31.7 Å². The van der Waals surface area contributed by atoms with E-state index in [1.54, 1.807) is 6.92 Å². The highest BCUT2D eigenvalue weighted by atomic mass is 16.4. The molecule has 26 heavy (non-hydrogen) atoms. The molecule has 0 saturated carbocycles. The monoisotopic (exact) mass is 362 g/mol. The Kier molecular flexibility index (Phi) is 13.7. The molecule has 6 nitrogen and oxygen atoms in total. The molecule has 142 valence electrons. The summed E-state index contributed by atoms with van der Waals surface area (Å²) >= 11 is 0. The minimum Gasteiger partial charge on any atom is -0.478 e.